The van der Waals surface area contributed by atoms with E-state index in [0.717, 1.165) is 0 Å². The molecule has 0 amide bonds. The lowest BCUT2D eigenvalue weighted by atomic mass is 10.3. The van der Waals surface area contributed by atoms with E-state index in [9.17, 15) is 4.79 Å². The van der Waals surface area contributed by atoms with Crippen LogP contribution >= 0.6 is 23.1 Å². The fourth-order valence-corrected chi connectivity index (χ4v) is 2.95. The molecule has 0 spiro atoms. The molecule has 102 valence electrons. The third-order valence-electron chi connectivity index (χ3n) is 2.37. The Bertz CT molecular complexity index is 627. The van der Waals surface area contributed by atoms with Crippen molar-refractivity contribution in [2.75, 3.05) is 25.7 Å². The van der Waals surface area contributed by atoms with Crippen LogP contribution in [0.4, 0.5) is 5.69 Å². The van der Waals surface area contributed by atoms with Gasteiger partial charge in [-0.3, -0.25) is 0 Å². The number of thioether (sulfide) groups is 1. The maximum absolute atomic E-state index is 11.8. The molecule has 0 fully saturated rings. The highest BCUT2D eigenvalue weighted by atomic mass is 32.2. The van der Waals surface area contributed by atoms with Gasteiger partial charge in [0, 0.05) is 0 Å². The number of ether oxygens (including phenoxy) is 2. The first-order valence-electron chi connectivity index (χ1n) is 5.47. The first kappa shape index (κ1) is 13.9. The van der Waals surface area contributed by atoms with Gasteiger partial charge >= 0.3 is 5.97 Å². The molecule has 8 heteroatoms. The fourth-order valence-electron chi connectivity index (χ4n) is 1.56. The average molecular weight is 299 g/mol. The largest absolute Gasteiger partial charge is 0.480 e. The van der Waals surface area contributed by atoms with E-state index in [4.69, 9.17) is 15.2 Å². The highest BCUT2D eigenvalue weighted by Crippen LogP contribution is 2.38. The number of methoxy groups -OCH3 is 1. The molecule has 0 aromatic carbocycles. The second-order valence-electron chi connectivity index (χ2n) is 3.47. The average Bonchev–Trinajstić information content (AvgIpc) is 2.75. The van der Waals surface area contributed by atoms with E-state index < -0.39 is 5.97 Å². The van der Waals surface area contributed by atoms with E-state index in [-0.39, 0.29) is 0 Å². The summed E-state index contributed by atoms with van der Waals surface area (Å²) in [4.78, 5) is 21.3. The molecule has 6 nitrogen and oxygen atoms in total. The Morgan fingerprint density at radius 2 is 2.21 bits per heavy atom. The van der Waals surface area contributed by atoms with Gasteiger partial charge in [-0.25, -0.2) is 9.78 Å². The zero-order valence-electron chi connectivity index (χ0n) is 10.7. The normalized spacial score (nSPS) is 10.7. The third kappa shape index (κ3) is 2.45. The maximum Gasteiger partial charge on any atom is 0.350 e. The van der Waals surface area contributed by atoms with Gasteiger partial charge < -0.3 is 15.2 Å². The molecule has 2 heterocycles. The predicted molar refractivity (Wildman–Crippen MR) is 76.1 cm³/mol. The van der Waals surface area contributed by atoms with Crippen molar-refractivity contribution in [2.24, 2.45) is 0 Å². The van der Waals surface area contributed by atoms with Crippen LogP contribution in [-0.4, -0.2) is 35.9 Å². The van der Waals surface area contributed by atoms with Gasteiger partial charge in [0.15, 0.2) is 5.16 Å². The van der Waals surface area contributed by atoms with Crippen molar-refractivity contribution < 1.29 is 14.3 Å². The number of hydrogen-bond donors (Lipinski definition) is 1. The summed E-state index contributed by atoms with van der Waals surface area (Å²) >= 11 is 2.58. The minimum Gasteiger partial charge on any atom is -0.480 e. The molecule has 2 aromatic rings. The first-order chi connectivity index (χ1) is 9.12. The Hall–Kier alpha value is -1.54. The van der Waals surface area contributed by atoms with Gasteiger partial charge in [-0.1, -0.05) is 11.8 Å². The topological polar surface area (TPSA) is 87.3 Å². The molecular formula is C11H13N3O3S2. The van der Waals surface area contributed by atoms with Gasteiger partial charge in [-0.2, -0.15) is 4.98 Å². The standard InChI is InChI=1S/C11H13N3O3S2/c1-4-17-10(15)7-6(12)5-8(16-2)13-11(18-3)14-9(5)19-7/h4,12H2,1-3H3. The van der Waals surface area contributed by atoms with Crippen molar-refractivity contribution in [1.29, 1.82) is 0 Å². The number of fused-ring (bicyclic) bond motifs is 1. The molecule has 2 rings (SSSR count). The van der Waals surface area contributed by atoms with Crippen LogP contribution in [0, 0.1) is 0 Å². The molecule has 0 saturated heterocycles. The van der Waals surface area contributed by atoms with Crippen molar-refractivity contribution >= 4 is 45.0 Å². The molecule has 19 heavy (non-hydrogen) atoms. The summed E-state index contributed by atoms with van der Waals surface area (Å²) in [5, 5.41) is 1.13. The molecule has 0 aliphatic heterocycles. The number of nitrogen functional groups attached to an aromatic ring is 1. The first-order valence-corrected chi connectivity index (χ1v) is 7.51. The molecule has 2 aromatic heterocycles. The summed E-state index contributed by atoms with van der Waals surface area (Å²) in [5.74, 6) is -0.0746. The van der Waals surface area contributed by atoms with E-state index in [2.05, 4.69) is 9.97 Å². The second-order valence-corrected chi connectivity index (χ2v) is 5.24. The van der Waals surface area contributed by atoms with Crippen LogP contribution in [0.25, 0.3) is 10.2 Å². The van der Waals surface area contributed by atoms with E-state index in [1.54, 1.807) is 6.92 Å². The maximum atomic E-state index is 11.8. The van der Waals surface area contributed by atoms with Crippen molar-refractivity contribution in [3.8, 4) is 5.88 Å². The Kier molecular flexibility index (Phi) is 4.11. The summed E-state index contributed by atoms with van der Waals surface area (Å²) in [6, 6.07) is 0. The molecule has 0 bridgehead atoms. The van der Waals surface area contributed by atoms with E-state index in [1.165, 1.54) is 30.2 Å². The molecule has 0 aliphatic carbocycles. The van der Waals surface area contributed by atoms with Crippen LogP contribution in [-0.2, 0) is 4.74 Å². The Morgan fingerprint density at radius 1 is 1.47 bits per heavy atom. The van der Waals surface area contributed by atoms with Crippen LogP contribution in [0.2, 0.25) is 0 Å². The minimum absolute atomic E-state index is 0.297. The fraction of sp³-hybridized carbons (Fsp3) is 0.364. The molecule has 0 atom stereocenters. The summed E-state index contributed by atoms with van der Waals surface area (Å²) < 4.78 is 10.2. The summed E-state index contributed by atoms with van der Waals surface area (Å²) in [6.07, 6.45) is 1.86. The molecule has 0 unspecified atom stereocenters. The highest BCUT2D eigenvalue weighted by Gasteiger charge is 2.22. The number of nitrogens with zero attached hydrogens (tertiary/aromatic N) is 2. The minimum atomic E-state index is -0.448. The molecular weight excluding hydrogens is 286 g/mol. The lowest BCUT2D eigenvalue weighted by Gasteiger charge is -2.03. The monoisotopic (exact) mass is 299 g/mol. The number of carbonyl (C=O) groups excluding carboxylic acids is 1. The summed E-state index contributed by atoms with van der Waals surface area (Å²) in [5.41, 5.74) is 6.29. The SMILES string of the molecule is CCOC(=O)c1sc2nc(SC)nc(OC)c2c1N. The van der Waals surface area contributed by atoms with Crippen molar-refractivity contribution in [3.05, 3.63) is 4.88 Å². The molecule has 0 aliphatic rings. The smallest absolute Gasteiger partial charge is 0.350 e. The van der Waals surface area contributed by atoms with Gasteiger partial charge in [-0.05, 0) is 13.2 Å². The second kappa shape index (κ2) is 5.62. The summed E-state index contributed by atoms with van der Waals surface area (Å²) in [7, 11) is 1.51. The Balaban J connectivity index is 2.65. The summed E-state index contributed by atoms with van der Waals surface area (Å²) in [6.45, 7) is 2.04. The Labute approximate surface area is 118 Å². The van der Waals surface area contributed by atoms with E-state index >= 15 is 0 Å². The van der Waals surface area contributed by atoms with Gasteiger partial charge in [0.1, 0.15) is 9.71 Å². The zero-order chi connectivity index (χ0) is 14.0. The van der Waals surface area contributed by atoms with Crippen molar-refractivity contribution in [1.82, 2.24) is 9.97 Å². The van der Waals surface area contributed by atoms with E-state index in [0.29, 0.717) is 38.4 Å². The number of anilines is 1. The highest BCUT2D eigenvalue weighted by molar-refractivity contribution is 7.98. The van der Waals surface area contributed by atoms with Gasteiger partial charge in [-0.15, -0.1) is 11.3 Å². The van der Waals surface area contributed by atoms with Gasteiger partial charge in [0.05, 0.1) is 24.8 Å². The van der Waals surface area contributed by atoms with Crippen LogP contribution in [0.5, 0.6) is 5.88 Å². The lowest BCUT2D eigenvalue weighted by molar-refractivity contribution is 0.0533. The Morgan fingerprint density at radius 3 is 2.79 bits per heavy atom. The number of carbonyl (C=O) groups is 1. The van der Waals surface area contributed by atoms with Gasteiger partial charge in [0.25, 0.3) is 0 Å². The third-order valence-corrected chi connectivity index (χ3v) is 4.00. The van der Waals surface area contributed by atoms with E-state index in [1.807, 2.05) is 6.26 Å². The zero-order valence-corrected chi connectivity index (χ0v) is 12.4. The van der Waals surface area contributed by atoms with Crippen LogP contribution in [0.1, 0.15) is 16.6 Å². The number of hydrogen-bond acceptors (Lipinski definition) is 8. The lowest BCUT2D eigenvalue weighted by Crippen LogP contribution is -2.05. The van der Waals surface area contributed by atoms with Crippen LogP contribution in [0.15, 0.2) is 5.16 Å². The number of aromatic nitrogens is 2. The molecule has 0 radical (unpaired) electrons. The van der Waals surface area contributed by atoms with Crippen molar-refractivity contribution in [3.63, 3.8) is 0 Å². The molecule has 2 N–H and O–H groups in total. The van der Waals surface area contributed by atoms with Crippen LogP contribution < -0.4 is 10.5 Å². The van der Waals surface area contributed by atoms with Gasteiger partial charge in [0.2, 0.25) is 5.88 Å². The number of esters is 1. The quantitative estimate of drug-likeness (QED) is 0.526. The number of thiophene rings is 1. The van der Waals surface area contributed by atoms with Crippen LogP contribution in [0.3, 0.4) is 0 Å². The predicted octanol–water partition coefficient (Wildman–Crippen LogP) is 2.18. The van der Waals surface area contributed by atoms with Crippen molar-refractivity contribution in [2.45, 2.75) is 12.1 Å². The number of rotatable bonds is 4. The number of nitrogens with two attached hydrogens (primary N) is 1. The molecule has 0 saturated carbocycles.